The van der Waals surface area contributed by atoms with Crippen LogP contribution in [0.3, 0.4) is 0 Å². The molecule has 0 heterocycles. The summed E-state index contributed by atoms with van der Waals surface area (Å²) in [7, 11) is 1.48. The Bertz CT molecular complexity index is 1120. The molecule has 1 N–H and O–H groups in total. The molecule has 164 valence electrons. The van der Waals surface area contributed by atoms with E-state index >= 15 is 0 Å². The van der Waals surface area contributed by atoms with E-state index in [0.29, 0.717) is 34.8 Å². The molecule has 0 atom stereocenters. The summed E-state index contributed by atoms with van der Waals surface area (Å²) in [5, 5.41) is 3.98. The van der Waals surface area contributed by atoms with Crippen LogP contribution >= 0.6 is 0 Å². The Labute approximate surface area is 186 Å². The molecule has 0 aliphatic carbocycles. The van der Waals surface area contributed by atoms with Gasteiger partial charge in [0, 0.05) is 5.56 Å². The van der Waals surface area contributed by atoms with Crippen LogP contribution in [0.2, 0.25) is 0 Å². The zero-order chi connectivity index (χ0) is 22.9. The van der Waals surface area contributed by atoms with Crippen molar-refractivity contribution in [3.05, 3.63) is 89.0 Å². The topological polar surface area (TPSA) is 86.2 Å². The Morgan fingerprint density at radius 1 is 0.969 bits per heavy atom. The zero-order valence-electron chi connectivity index (χ0n) is 18.1. The summed E-state index contributed by atoms with van der Waals surface area (Å²) in [5.41, 5.74) is 5.05. The number of carbonyl (C=O) groups is 2. The molecular formula is C25H24N2O5. The minimum Gasteiger partial charge on any atom is -0.494 e. The van der Waals surface area contributed by atoms with Crippen molar-refractivity contribution in [2.45, 2.75) is 13.8 Å². The Morgan fingerprint density at radius 3 is 2.44 bits per heavy atom. The number of nitrogens with zero attached hydrogens (tertiary/aromatic N) is 1. The second-order valence-corrected chi connectivity index (χ2v) is 6.83. The number of hydrazone groups is 1. The Kier molecular flexibility index (Phi) is 7.59. The maximum absolute atomic E-state index is 12.4. The minimum atomic E-state index is -0.516. The van der Waals surface area contributed by atoms with E-state index in [2.05, 4.69) is 10.5 Å². The number of ether oxygens (including phenoxy) is 3. The molecule has 0 aromatic heterocycles. The normalized spacial score (nSPS) is 10.6. The second kappa shape index (κ2) is 10.8. The molecule has 3 rings (SSSR count). The van der Waals surface area contributed by atoms with Gasteiger partial charge in [0.2, 0.25) is 0 Å². The lowest BCUT2D eigenvalue weighted by molar-refractivity contribution is 0.0729. The molecule has 0 saturated heterocycles. The van der Waals surface area contributed by atoms with Gasteiger partial charge in [-0.25, -0.2) is 10.2 Å². The van der Waals surface area contributed by atoms with Gasteiger partial charge in [-0.3, -0.25) is 4.79 Å². The van der Waals surface area contributed by atoms with Crippen molar-refractivity contribution in [3.8, 4) is 17.2 Å². The fraction of sp³-hybridized carbons (Fsp3) is 0.160. The van der Waals surface area contributed by atoms with Crippen LogP contribution in [0.25, 0.3) is 0 Å². The second-order valence-electron chi connectivity index (χ2n) is 6.83. The van der Waals surface area contributed by atoms with Crippen LogP contribution < -0.4 is 19.6 Å². The first kappa shape index (κ1) is 22.6. The molecule has 0 saturated carbocycles. The maximum Gasteiger partial charge on any atom is 0.343 e. The quantitative estimate of drug-likeness (QED) is 0.247. The highest BCUT2D eigenvalue weighted by atomic mass is 16.6. The summed E-state index contributed by atoms with van der Waals surface area (Å²) < 4.78 is 16.2. The third-order valence-corrected chi connectivity index (χ3v) is 4.45. The van der Waals surface area contributed by atoms with Crippen molar-refractivity contribution in [3.63, 3.8) is 0 Å². The van der Waals surface area contributed by atoms with E-state index in [1.807, 2.05) is 26.0 Å². The van der Waals surface area contributed by atoms with E-state index in [0.717, 1.165) is 5.56 Å². The van der Waals surface area contributed by atoms with E-state index in [9.17, 15) is 9.59 Å². The van der Waals surface area contributed by atoms with Gasteiger partial charge in [0.1, 0.15) is 5.75 Å². The van der Waals surface area contributed by atoms with E-state index < -0.39 is 5.97 Å². The summed E-state index contributed by atoms with van der Waals surface area (Å²) in [4.78, 5) is 24.6. The number of carbonyl (C=O) groups excluding carboxylic acids is 2. The minimum absolute atomic E-state index is 0.271. The molecule has 0 unspecified atom stereocenters. The Balaban J connectivity index is 1.65. The van der Waals surface area contributed by atoms with Crippen molar-refractivity contribution in [1.29, 1.82) is 0 Å². The zero-order valence-corrected chi connectivity index (χ0v) is 18.1. The number of methoxy groups -OCH3 is 1. The SMILES string of the molecule is CCOc1ccc(C(=O)Oc2ccc(C=NNC(=O)c3cccc(C)c3)cc2OC)cc1. The van der Waals surface area contributed by atoms with Gasteiger partial charge in [-0.1, -0.05) is 17.7 Å². The average molecular weight is 432 g/mol. The summed E-state index contributed by atoms with van der Waals surface area (Å²) in [6, 6.07) is 18.9. The van der Waals surface area contributed by atoms with Crippen molar-refractivity contribution in [1.82, 2.24) is 5.43 Å². The number of benzene rings is 3. The number of aryl methyl sites for hydroxylation is 1. The highest BCUT2D eigenvalue weighted by molar-refractivity contribution is 5.95. The van der Waals surface area contributed by atoms with Crippen molar-refractivity contribution in [2.24, 2.45) is 5.10 Å². The van der Waals surface area contributed by atoms with Gasteiger partial charge >= 0.3 is 5.97 Å². The molecule has 3 aromatic carbocycles. The molecule has 0 aliphatic heterocycles. The van der Waals surface area contributed by atoms with Gasteiger partial charge in [0.15, 0.2) is 11.5 Å². The molecule has 0 aliphatic rings. The summed E-state index contributed by atoms with van der Waals surface area (Å²) in [5.74, 6) is 0.487. The lowest BCUT2D eigenvalue weighted by Crippen LogP contribution is -2.17. The highest BCUT2D eigenvalue weighted by Gasteiger charge is 2.13. The number of nitrogens with one attached hydrogen (secondary N) is 1. The monoisotopic (exact) mass is 432 g/mol. The smallest absolute Gasteiger partial charge is 0.343 e. The molecule has 32 heavy (non-hydrogen) atoms. The van der Waals surface area contributed by atoms with Crippen LogP contribution in [0.1, 0.15) is 38.8 Å². The molecule has 7 nitrogen and oxygen atoms in total. The average Bonchev–Trinajstić information content (AvgIpc) is 2.80. The van der Waals surface area contributed by atoms with E-state index in [1.54, 1.807) is 54.6 Å². The van der Waals surface area contributed by atoms with E-state index in [4.69, 9.17) is 14.2 Å². The largest absolute Gasteiger partial charge is 0.494 e. The Morgan fingerprint density at radius 2 is 1.75 bits per heavy atom. The predicted molar refractivity (Wildman–Crippen MR) is 122 cm³/mol. The van der Waals surface area contributed by atoms with Crippen molar-refractivity contribution >= 4 is 18.1 Å². The first-order valence-electron chi connectivity index (χ1n) is 10.0. The fourth-order valence-corrected chi connectivity index (χ4v) is 2.88. The van der Waals surface area contributed by atoms with Gasteiger partial charge in [-0.15, -0.1) is 0 Å². The molecule has 0 radical (unpaired) electrons. The first-order valence-corrected chi connectivity index (χ1v) is 10.0. The maximum atomic E-state index is 12.4. The predicted octanol–water partition coefficient (Wildman–Crippen LogP) is 4.39. The van der Waals surface area contributed by atoms with Crippen LogP contribution in [0, 0.1) is 6.92 Å². The molecule has 7 heteroatoms. The van der Waals surface area contributed by atoms with E-state index in [-0.39, 0.29) is 11.7 Å². The van der Waals surface area contributed by atoms with Gasteiger partial charge in [0.05, 0.1) is 25.5 Å². The third-order valence-electron chi connectivity index (χ3n) is 4.45. The van der Waals surface area contributed by atoms with E-state index in [1.165, 1.54) is 13.3 Å². The van der Waals surface area contributed by atoms with Crippen LogP contribution in [0.15, 0.2) is 71.8 Å². The lowest BCUT2D eigenvalue weighted by atomic mass is 10.1. The van der Waals surface area contributed by atoms with Crippen LogP contribution in [-0.2, 0) is 0 Å². The molecule has 1 amide bonds. The standard InChI is InChI=1S/C25H24N2O5/c1-4-31-21-11-9-19(10-12-21)25(29)32-22-13-8-18(15-23(22)30-3)16-26-27-24(28)20-7-5-6-17(2)14-20/h5-16H,4H2,1-3H3,(H,27,28). The highest BCUT2D eigenvalue weighted by Crippen LogP contribution is 2.28. The van der Waals surface area contributed by atoms with Gasteiger partial charge < -0.3 is 14.2 Å². The number of hydrogen-bond acceptors (Lipinski definition) is 6. The molecule has 0 spiro atoms. The first-order chi connectivity index (χ1) is 15.5. The van der Waals surface area contributed by atoms with Gasteiger partial charge in [-0.05, 0) is 74.0 Å². The number of amides is 1. The number of rotatable bonds is 8. The molecule has 0 fully saturated rings. The lowest BCUT2D eigenvalue weighted by Gasteiger charge is -2.10. The van der Waals surface area contributed by atoms with Gasteiger partial charge in [0.25, 0.3) is 5.91 Å². The molecule has 0 bridgehead atoms. The fourth-order valence-electron chi connectivity index (χ4n) is 2.88. The number of hydrogen-bond donors (Lipinski definition) is 1. The molecule has 3 aromatic rings. The molecular weight excluding hydrogens is 408 g/mol. The third kappa shape index (κ3) is 5.95. The summed E-state index contributed by atoms with van der Waals surface area (Å²) >= 11 is 0. The van der Waals surface area contributed by atoms with Crippen molar-refractivity contribution in [2.75, 3.05) is 13.7 Å². The number of esters is 1. The Hall–Kier alpha value is -4.13. The van der Waals surface area contributed by atoms with Crippen LogP contribution in [-0.4, -0.2) is 31.8 Å². The van der Waals surface area contributed by atoms with Crippen LogP contribution in [0.4, 0.5) is 0 Å². The van der Waals surface area contributed by atoms with Crippen LogP contribution in [0.5, 0.6) is 17.2 Å². The summed E-state index contributed by atoms with van der Waals surface area (Å²) in [6.45, 7) is 4.35. The summed E-state index contributed by atoms with van der Waals surface area (Å²) in [6.07, 6.45) is 1.48. The van der Waals surface area contributed by atoms with Crippen molar-refractivity contribution < 1.29 is 23.8 Å². The van der Waals surface area contributed by atoms with Gasteiger partial charge in [-0.2, -0.15) is 5.10 Å².